The van der Waals surface area contributed by atoms with E-state index in [1.807, 2.05) is 0 Å². The predicted octanol–water partition coefficient (Wildman–Crippen LogP) is 3.33. The Morgan fingerprint density at radius 2 is 2.20 bits per heavy atom. The average molecular weight is 269 g/mol. The van der Waals surface area contributed by atoms with Crippen LogP contribution < -0.4 is 10.2 Å². The fraction of sp³-hybridized carbons (Fsp3) is 0.471. The standard InChI is InChI=1S/C17H23N3/c1-3-18-12-14-11-17(20-10-6-7-13(20)2)15-8-4-5-9-16(15)19-14/h4-5,8-9,11,13,18H,3,6-7,10,12H2,1-2H3. The first-order valence-corrected chi connectivity index (χ1v) is 7.65. The molecule has 0 spiro atoms. The summed E-state index contributed by atoms with van der Waals surface area (Å²) in [6.45, 7) is 7.44. The number of hydrogen-bond donors (Lipinski definition) is 1. The van der Waals surface area contributed by atoms with Gasteiger partial charge in [-0.3, -0.25) is 4.98 Å². The van der Waals surface area contributed by atoms with Crippen molar-refractivity contribution in [3.63, 3.8) is 0 Å². The van der Waals surface area contributed by atoms with E-state index in [4.69, 9.17) is 4.98 Å². The molecule has 1 fully saturated rings. The number of nitrogens with zero attached hydrogens (tertiary/aromatic N) is 2. The van der Waals surface area contributed by atoms with Gasteiger partial charge in [0.25, 0.3) is 0 Å². The molecule has 1 saturated heterocycles. The summed E-state index contributed by atoms with van der Waals surface area (Å²) in [5.41, 5.74) is 3.60. The molecule has 1 aliphatic rings. The maximum absolute atomic E-state index is 4.78. The molecule has 2 aromatic rings. The van der Waals surface area contributed by atoms with Crippen molar-refractivity contribution in [1.82, 2.24) is 10.3 Å². The SMILES string of the molecule is CCNCc1cc(N2CCCC2C)c2ccccc2n1. The van der Waals surface area contributed by atoms with Crippen molar-refractivity contribution in [2.45, 2.75) is 39.3 Å². The molecule has 0 radical (unpaired) electrons. The van der Waals surface area contributed by atoms with Crippen molar-refractivity contribution in [1.29, 1.82) is 0 Å². The molecule has 0 aliphatic carbocycles. The monoisotopic (exact) mass is 269 g/mol. The summed E-state index contributed by atoms with van der Waals surface area (Å²) in [4.78, 5) is 7.32. The van der Waals surface area contributed by atoms with E-state index in [1.165, 1.54) is 23.9 Å². The Labute approximate surface area is 121 Å². The Morgan fingerprint density at radius 1 is 1.35 bits per heavy atom. The van der Waals surface area contributed by atoms with E-state index >= 15 is 0 Å². The average Bonchev–Trinajstić information content (AvgIpc) is 2.90. The van der Waals surface area contributed by atoms with Crippen molar-refractivity contribution < 1.29 is 0 Å². The van der Waals surface area contributed by atoms with Crippen LogP contribution in [0.1, 0.15) is 32.4 Å². The van der Waals surface area contributed by atoms with Crippen LogP contribution in [0.25, 0.3) is 10.9 Å². The topological polar surface area (TPSA) is 28.2 Å². The van der Waals surface area contributed by atoms with Crippen molar-refractivity contribution >= 4 is 16.6 Å². The zero-order valence-electron chi connectivity index (χ0n) is 12.4. The van der Waals surface area contributed by atoms with Crippen LogP contribution in [0.3, 0.4) is 0 Å². The minimum atomic E-state index is 0.632. The normalized spacial score (nSPS) is 18.9. The molecule has 3 nitrogen and oxygen atoms in total. The third kappa shape index (κ3) is 2.50. The van der Waals surface area contributed by atoms with Crippen LogP contribution in [0.4, 0.5) is 5.69 Å². The van der Waals surface area contributed by atoms with Crippen molar-refractivity contribution in [3.8, 4) is 0 Å². The number of fused-ring (bicyclic) bond motifs is 1. The van der Waals surface area contributed by atoms with E-state index in [-0.39, 0.29) is 0 Å². The zero-order chi connectivity index (χ0) is 13.9. The van der Waals surface area contributed by atoms with Crippen LogP contribution in [0.5, 0.6) is 0 Å². The minimum Gasteiger partial charge on any atom is -0.368 e. The lowest BCUT2D eigenvalue weighted by atomic mass is 10.1. The number of anilines is 1. The highest BCUT2D eigenvalue weighted by atomic mass is 15.2. The third-order valence-electron chi connectivity index (χ3n) is 4.17. The first-order valence-electron chi connectivity index (χ1n) is 7.65. The maximum atomic E-state index is 4.78. The molecular weight excluding hydrogens is 246 g/mol. The fourth-order valence-electron chi connectivity index (χ4n) is 3.08. The first kappa shape index (κ1) is 13.4. The Bertz CT molecular complexity index is 594. The van der Waals surface area contributed by atoms with E-state index in [1.54, 1.807) is 0 Å². The number of pyridine rings is 1. The molecule has 1 aromatic heterocycles. The number of benzene rings is 1. The molecule has 0 saturated carbocycles. The van der Waals surface area contributed by atoms with E-state index < -0.39 is 0 Å². The van der Waals surface area contributed by atoms with Gasteiger partial charge >= 0.3 is 0 Å². The lowest BCUT2D eigenvalue weighted by Gasteiger charge is -2.26. The second-order valence-corrected chi connectivity index (χ2v) is 5.61. The summed E-state index contributed by atoms with van der Waals surface area (Å²) < 4.78 is 0. The van der Waals surface area contributed by atoms with Gasteiger partial charge in [0.15, 0.2) is 0 Å². The molecule has 20 heavy (non-hydrogen) atoms. The molecule has 2 heterocycles. The number of nitrogens with one attached hydrogen (secondary N) is 1. The van der Waals surface area contributed by atoms with Gasteiger partial charge in [0.2, 0.25) is 0 Å². The Morgan fingerprint density at radius 3 is 2.95 bits per heavy atom. The molecule has 0 bridgehead atoms. The van der Waals surface area contributed by atoms with Crippen LogP contribution in [-0.2, 0) is 6.54 Å². The minimum absolute atomic E-state index is 0.632. The van der Waals surface area contributed by atoms with Gasteiger partial charge in [-0.25, -0.2) is 0 Å². The van der Waals surface area contributed by atoms with Crippen LogP contribution >= 0.6 is 0 Å². The molecule has 3 rings (SSSR count). The molecule has 1 atom stereocenters. The summed E-state index contributed by atoms with van der Waals surface area (Å²) >= 11 is 0. The van der Waals surface area contributed by atoms with Crippen LogP contribution in [0.15, 0.2) is 30.3 Å². The van der Waals surface area contributed by atoms with E-state index in [9.17, 15) is 0 Å². The molecular formula is C17H23N3. The smallest absolute Gasteiger partial charge is 0.0726 e. The summed E-state index contributed by atoms with van der Waals surface area (Å²) in [5, 5.41) is 4.66. The second kappa shape index (κ2) is 5.80. The Balaban J connectivity index is 2.07. The summed E-state index contributed by atoms with van der Waals surface area (Å²) in [6.07, 6.45) is 2.58. The quantitative estimate of drug-likeness (QED) is 0.922. The van der Waals surface area contributed by atoms with Gasteiger partial charge in [0.05, 0.1) is 11.2 Å². The zero-order valence-corrected chi connectivity index (χ0v) is 12.4. The molecule has 106 valence electrons. The van der Waals surface area contributed by atoms with Crippen molar-refractivity contribution in [3.05, 3.63) is 36.0 Å². The molecule has 0 amide bonds. The van der Waals surface area contributed by atoms with Crippen molar-refractivity contribution in [2.24, 2.45) is 0 Å². The Hall–Kier alpha value is -1.61. The fourth-order valence-corrected chi connectivity index (χ4v) is 3.08. The number of rotatable bonds is 4. The summed E-state index contributed by atoms with van der Waals surface area (Å²) in [7, 11) is 0. The lowest BCUT2D eigenvalue weighted by molar-refractivity contribution is 0.709. The van der Waals surface area contributed by atoms with Crippen LogP contribution in [-0.4, -0.2) is 24.1 Å². The highest BCUT2D eigenvalue weighted by molar-refractivity contribution is 5.92. The largest absolute Gasteiger partial charge is 0.368 e. The maximum Gasteiger partial charge on any atom is 0.0726 e. The van der Waals surface area contributed by atoms with E-state index in [0.717, 1.165) is 30.8 Å². The van der Waals surface area contributed by atoms with Gasteiger partial charge in [-0.2, -0.15) is 0 Å². The van der Waals surface area contributed by atoms with E-state index in [2.05, 4.69) is 54.4 Å². The van der Waals surface area contributed by atoms with Crippen LogP contribution in [0.2, 0.25) is 0 Å². The summed E-state index contributed by atoms with van der Waals surface area (Å²) in [5.74, 6) is 0. The Kier molecular flexibility index (Phi) is 3.88. The molecule has 1 N–H and O–H groups in total. The highest BCUT2D eigenvalue weighted by Crippen LogP contribution is 2.32. The number of aromatic nitrogens is 1. The van der Waals surface area contributed by atoms with Gasteiger partial charge in [-0.05, 0) is 38.4 Å². The third-order valence-corrected chi connectivity index (χ3v) is 4.17. The second-order valence-electron chi connectivity index (χ2n) is 5.61. The highest BCUT2D eigenvalue weighted by Gasteiger charge is 2.22. The lowest BCUT2D eigenvalue weighted by Crippen LogP contribution is -2.27. The predicted molar refractivity (Wildman–Crippen MR) is 85.2 cm³/mol. The van der Waals surface area contributed by atoms with E-state index in [0.29, 0.717) is 6.04 Å². The summed E-state index contributed by atoms with van der Waals surface area (Å²) in [6, 6.07) is 11.4. The van der Waals surface area contributed by atoms with Crippen molar-refractivity contribution in [2.75, 3.05) is 18.0 Å². The molecule has 1 unspecified atom stereocenters. The van der Waals surface area contributed by atoms with Crippen LogP contribution in [0, 0.1) is 0 Å². The van der Waals surface area contributed by atoms with Gasteiger partial charge < -0.3 is 10.2 Å². The molecule has 3 heteroatoms. The van der Waals surface area contributed by atoms with Gasteiger partial charge in [0, 0.05) is 30.2 Å². The molecule has 1 aliphatic heterocycles. The number of hydrogen-bond acceptors (Lipinski definition) is 3. The number of para-hydroxylation sites is 1. The van der Waals surface area contributed by atoms with Gasteiger partial charge in [0.1, 0.15) is 0 Å². The molecule has 1 aromatic carbocycles. The first-order chi connectivity index (χ1) is 9.79. The van der Waals surface area contributed by atoms with Gasteiger partial charge in [-0.1, -0.05) is 25.1 Å². The van der Waals surface area contributed by atoms with Gasteiger partial charge in [-0.15, -0.1) is 0 Å².